The lowest BCUT2D eigenvalue weighted by atomic mass is 9.98. The van der Waals surface area contributed by atoms with Gasteiger partial charge in [0, 0.05) is 12.5 Å². The summed E-state index contributed by atoms with van der Waals surface area (Å²) in [6.07, 6.45) is -0.817. The monoisotopic (exact) mass is 384 g/mol. The van der Waals surface area contributed by atoms with Crippen LogP contribution in [-0.4, -0.2) is 44.1 Å². The molecule has 26 heavy (non-hydrogen) atoms. The highest BCUT2D eigenvalue weighted by molar-refractivity contribution is 6.74. The first-order chi connectivity index (χ1) is 11.7. The van der Waals surface area contributed by atoms with Crippen LogP contribution >= 0.6 is 0 Å². The molecule has 1 heterocycles. The predicted molar refractivity (Wildman–Crippen MR) is 109 cm³/mol. The molecule has 0 radical (unpaired) electrons. The predicted octanol–water partition coefficient (Wildman–Crippen LogP) is 4.57. The van der Waals surface area contributed by atoms with Gasteiger partial charge in [-0.2, -0.15) is 0 Å². The summed E-state index contributed by atoms with van der Waals surface area (Å²) in [5.74, 6) is 6.11. The van der Waals surface area contributed by atoms with Crippen molar-refractivity contribution in [1.82, 2.24) is 0 Å². The standard InChI is InChI=1S/C21H40O4Si/c1-15(2)16(3)11-12-17(22)19-18(24-21(7,8)25-19)13-14-23-26(9,10)20(4,5)6/h15-19,22H,13-14H2,1-10H3/t16-,17?,18+,19-/m1/s1. The zero-order chi connectivity index (χ0) is 20.3. The Morgan fingerprint density at radius 3 is 2.19 bits per heavy atom. The quantitative estimate of drug-likeness (QED) is 0.538. The van der Waals surface area contributed by atoms with Crippen molar-refractivity contribution < 1.29 is 19.0 Å². The van der Waals surface area contributed by atoms with Crippen LogP contribution in [-0.2, 0) is 13.9 Å². The van der Waals surface area contributed by atoms with Crippen LogP contribution < -0.4 is 0 Å². The first-order valence-electron chi connectivity index (χ1n) is 9.85. The number of aliphatic hydroxyl groups is 1. The average molecular weight is 385 g/mol. The molecule has 0 aromatic heterocycles. The lowest BCUT2D eigenvalue weighted by molar-refractivity contribution is -0.152. The van der Waals surface area contributed by atoms with Crippen molar-refractivity contribution in [3.8, 4) is 11.8 Å². The molecule has 1 aliphatic rings. The average Bonchev–Trinajstić information content (AvgIpc) is 2.78. The zero-order valence-electron chi connectivity index (χ0n) is 18.5. The van der Waals surface area contributed by atoms with Crippen molar-refractivity contribution in [1.29, 1.82) is 0 Å². The van der Waals surface area contributed by atoms with E-state index in [1.807, 2.05) is 13.8 Å². The largest absolute Gasteiger partial charge is 0.417 e. The number of hydrogen-bond acceptors (Lipinski definition) is 4. The van der Waals surface area contributed by atoms with Crippen LogP contribution in [0.15, 0.2) is 0 Å². The Bertz CT molecular complexity index is 510. The van der Waals surface area contributed by atoms with Gasteiger partial charge in [-0.3, -0.25) is 0 Å². The molecule has 1 aliphatic heterocycles. The highest BCUT2D eigenvalue weighted by Crippen LogP contribution is 2.37. The Morgan fingerprint density at radius 2 is 1.69 bits per heavy atom. The van der Waals surface area contributed by atoms with Crippen LogP contribution in [0.1, 0.15) is 61.8 Å². The third-order valence-electron chi connectivity index (χ3n) is 5.66. The number of hydrogen-bond donors (Lipinski definition) is 1. The molecule has 0 spiro atoms. The maximum atomic E-state index is 10.6. The van der Waals surface area contributed by atoms with Gasteiger partial charge in [-0.1, -0.05) is 53.4 Å². The molecule has 0 amide bonds. The van der Waals surface area contributed by atoms with Gasteiger partial charge in [0.1, 0.15) is 12.2 Å². The fraction of sp³-hybridized carbons (Fsp3) is 0.905. The molecule has 152 valence electrons. The van der Waals surface area contributed by atoms with E-state index in [0.717, 1.165) is 0 Å². The summed E-state index contributed by atoms with van der Waals surface area (Å²) in [4.78, 5) is 0. The van der Waals surface area contributed by atoms with Gasteiger partial charge >= 0.3 is 0 Å². The molecular formula is C21H40O4Si. The van der Waals surface area contributed by atoms with Crippen LogP contribution in [0, 0.1) is 23.7 Å². The highest BCUT2D eigenvalue weighted by Gasteiger charge is 2.45. The maximum Gasteiger partial charge on any atom is 0.191 e. The number of aliphatic hydroxyl groups excluding tert-OH is 1. The van der Waals surface area contributed by atoms with Crippen molar-refractivity contribution in [2.75, 3.05) is 6.61 Å². The van der Waals surface area contributed by atoms with Gasteiger partial charge in [-0.05, 0) is 44.3 Å². The molecule has 0 aromatic rings. The fourth-order valence-corrected chi connectivity index (χ4v) is 3.53. The smallest absolute Gasteiger partial charge is 0.191 e. The molecule has 5 heteroatoms. The van der Waals surface area contributed by atoms with Crippen molar-refractivity contribution in [3.63, 3.8) is 0 Å². The van der Waals surface area contributed by atoms with E-state index >= 15 is 0 Å². The van der Waals surface area contributed by atoms with Crippen molar-refractivity contribution in [2.45, 2.75) is 104 Å². The Morgan fingerprint density at radius 1 is 1.12 bits per heavy atom. The molecule has 0 bridgehead atoms. The van der Waals surface area contributed by atoms with E-state index in [-0.39, 0.29) is 17.1 Å². The van der Waals surface area contributed by atoms with E-state index in [9.17, 15) is 5.11 Å². The van der Waals surface area contributed by atoms with E-state index in [1.165, 1.54) is 0 Å². The van der Waals surface area contributed by atoms with Gasteiger partial charge in [0.2, 0.25) is 0 Å². The SMILES string of the molecule is CC(C)[C@H](C)C#CC(O)[C@H]1OC(C)(C)O[C@H]1CCO[Si](C)(C)C(C)(C)C. The summed E-state index contributed by atoms with van der Waals surface area (Å²) in [6.45, 7) is 21.9. The molecule has 4 nitrogen and oxygen atoms in total. The number of ether oxygens (including phenoxy) is 2. The fourth-order valence-electron chi connectivity index (χ4n) is 2.47. The van der Waals surface area contributed by atoms with E-state index in [1.54, 1.807) is 0 Å². The summed E-state index contributed by atoms with van der Waals surface area (Å²) in [5.41, 5.74) is 0. The zero-order valence-corrected chi connectivity index (χ0v) is 19.5. The van der Waals surface area contributed by atoms with E-state index < -0.39 is 26.3 Å². The Hall–Kier alpha value is -0.383. The Balaban J connectivity index is 2.73. The summed E-state index contributed by atoms with van der Waals surface area (Å²) >= 11 is 0. The van der Waals surface area contributed by atoms with Crippen LogP contribution in [0.3, 0.4) is 0 Å². The van der Waals surface area contributed by atoms with E-state index in [4.69, 9.17) is 13.9 Å². The minimum atomic E-state index is -1.79. The number of rotatable bonds is 6. The van der Waals surface area contributed by atoms with Gasteiger partial charge in [-0.15, -0.1) is 0 Å². The Kier molecular flexibility index (Phi) is 7.96. The molecular weight excluding hydrogens is 344 g/mol. The second-order valence-electron chi connectivity index (χ2n) is 9.80. The summed E-state index contributed by atoms with van der Waals surface area (Å²) in [5, 5.41) is 10.7. The van der Waals surface area contributed by atoms with Gasteiger partial charge in [0.25, 0.3) is 0 Å². The third-order valence-corrected chi connectivity index (χ3v) is 10.2. The first-order valence-corrected chi connectivity index (χ1v) is 12.8. The lowest BCUT2D eigenvalue weighted by Crippen LogP contribution is -2.42. The summed E-state index contributed by atoms with van der Waals surface area (Å²) < 4.78 is 18.2. The van der Waals surface area contributed by atoms with Gasteiger partial charge in [-0.25, -0.2) is 0 Å². The first kappa shape index (κ1) is 23.7. The highest BCUT2D eigenvalue weighted by atomic mass is 28.4. The maximum absolute atomic E-state index is 10.6. The van der Waals surface area contributed by atoms with Crippen molar-refractivity contribution in [3.05, 3.63) is 0 Å². The molecule has 1 saturated heterocycles. The van der Waals surface area contributed by atoms with Crippen molar-refractivity contribution in [2.24, 2.45) is 11.8 Å². The van der Waals surface area contributed by atoms with Crippen molar-refractivity contribution >= 4 is 8.32 Å². The Labute approximate surface area is 162 Å². The molecule has 0 aromatic carbocycles. The van der Waals surface area contributed by atoms with Gasteiger partial charge in [0.05, 0.1) is 6.10 Å². The van der Waals surface area contributed by atoms with Crippen LogP contribution in [0.4, 0.5) is 0 Å². The summed E-state index contributed by atoms with van der Waals surface area (Å²) in [7, 11) is -1.79. The molecule has 1 N–H and O–H groups in total. The molecule has 1 rings (SSSR count). The molecule has 0 saturated carbocycles. The minimum Gasteiger partial charge on any atom is -0.417 e. The molecule has 4 atom stereocenters. The van der Waals surface area contributed by atoms with Gasteiger partial charge in [0.15, 0.2) is 14.1 Å². The third kappa shape index (κ3) is 6.65. The van der Waals surface area contributed by atoms with E-state index in [2.05, 4.69) is 66.5 Å². The normalized spacial score (nSPS) is 25.7. The van der Waals surface area contributed by atoms with Crippen LogP contribution in [0.2, 0.25) is 18.1 Å². The minimum absolute atomic E-state index is 0.177. The molecule has 0 aliphatic carbocycles. The van der Waals surface area contributed by atoms with Crippen LogP contribution in [0.5, 0.6) is 0 Å². The summed E-state index contributed by atoms with van der Waals surface area (Å²) in [6, 6.07) is 0. The lowest BCUT2D eigenvalue weighted by Gasteiger charge is -2.36. The van der Waals surface area contributed by atoms with E-state index in [0.29, 0.717) is 18.9 Å². The van der Waals surface area contributed by atoms with Crippen LogP contribution in [0.25, 0.3) is 0 Å². The topological polar surface area (TPSA) is 47.9 Å². The molecule has 1 fully saturated rings. The van der Waals surface area contributed by atoms with Gasteiger partial charge < -0.3 is 19.0 Å². The second-order valence-corrected chi connectivity index (χ2v) is 14.6. The molecule has 1 unspecified atom stereocenters. The second kappa shape index (κ2) is 8.75.